The number of nitrogens with one attached hydrogen (secondary N) is 1. The molecule has 0 saturated carbocycles. The summed E-state index contributed by atoms with van der Waals surface area (Å²) in [5.41, 5.74) is 7.06. The van der Waals surface area contributed by atoms with Crippen LogP contribution in [0, 0.1) is 6.92 Å². The van der Waals surface area contributed by atoms with Gasteiger partial charge < -0.3 is 20.7 Å². The van der Waals surface area contributed by atoms with Gasteiger partial charge in [-0.3, -0.25) is 9.59 Å². The second kappa shape index (κ2) is 8.75. The van der Waals surface area contributed by atoms with E-state index >= 15 is 0 Å². The van der Waals surface area contributed by atoms with E-state index in [4.69, 9.17) is 10.5 Å². The first-order chi connectivity index (χ1) is 12.4. The number of benzene rings is 1. The van der Waals surface area contributed by atoms with Crippen molar-refractivity contribution >= 4 is 23.8 Å². The van der Waals surface area contributed by atoms with Gasteiger partial charge in [0.15, 0.2) is 12.4 Å². The molecule has 0 unspecified atom stereocenters. The Bertz CT molecular complexity index is 794. The van der Waals surface area contributed by atoms with Gasteiger partial charge in [0.05, 0.1) is 6.42 Å². The third-order valence-electron chi connectivity index (χ3n) is 3.45. The summed E-state index contributed by atoms with van der Waals surface area (Å²) in [6, 6.07) is 7.24. The number of esters is 1. The fourth-order valence-corrected chi connectivity index (χ4v) is 2.11. The zero-order valence-corrected chi connectivity index (χ0v) is 15.0. The zero-order valence-electron chi connectivity index (χ0n) is 15.0. The van der Waals surface area contributed by atoms with Crippen LogP contribution < -0.4 is 16.0 Å². The summed E-state index contributed by atoms with van der Waals surface area (Å²) in [5.74, 6) is 0.00465. The van der Waals surface area contributed by atoms with Crippen LogP contribution in [0.3, 0.4) is 0 Å². The van der Waals surface area contributed by atoms with Crippen LogP contribution in [0.15, 0.2) is 24.3 Å². The van der Waals surface area contributed by atoms with Crippen molar-refractivity contribution in [3.05, 3.63) is 41.2 Å². The minimum Gasteiger partial charge on any atom is -0.457 e. The first kappa shape index (κ1) is 19.1. The number of nitrogens with zero attached hydrogens (tertiary/aromatic N) is 4. The second-order valence-corrected chi connectivity index (χ2v) is 5.79. The molecule has 26 heavy (non-hydrogen) atoms. The van der Waals surface area contributed by atoms with Crippen molar-refractivity contribution in [3.63, 3.8) is 0 Å². The number of aromatic nitrogens is 3. The molecule has 3 N–H and O–H groups in total. The zero-order chi connectivity index (χ0) is 19.1. The number of ether oxygens (including phenoxy) is 1. The predicted molar refractivity (Wildman–Crippen MR) is 96.5 cm³/mol. The van der Waals surface area contributed by atoms with Crippen LogP contribution >= 0.6 is 0 Å². The predicted octanol–water partition coefficient (Wildman–Crippen LogP) is 0.692. The van der Waals surface area contributed by atoms with E-state index in [1.165, 1.54) is 0 Å². The number of nitrogen functional groups attached to an aromatic ring is 1. The van der Waals surface area contributed by atoms with Gasteiger partial charge in [0.2, 0.25) is 11.9 Å². The third-order valence-corrected chi connectivity index (χ3v) is 3.45. The van der Waals surface area contributed by atoms with Crippen molar-refractivity contribution in [1.29, 1.82) is 0 Å². The van der Waals surface area contributed by atoms with Crippen molar-refractivity contribution in [2.75, 3.05) is 31.3 Å². The fourth-order valence-electron chi connectivity index (χ4n) is 2.11. The molecule has 0 spiro atoms. The highest BCUT2D eigenvalue weighted by atomic mass is 16.5. The Kier molecular flexibility index (Phi) is 6.42. The summed E-state index contributed by atoms with van der Waals surface area (Å²) in [7, 11) is 3.53. The first-order valence-electron chi connectivity index (χ1n) is 8.04. The van der Waals surface area contributed by atoms with E-state index < -0.39 is 5.97 Å². The highest BCUT2D eigenvalue weighted by Gasteiger charge is 2.11. The van der Waals surface area contributed by atoms with Crippen molar-refractivity contribution < 1.29 is 14.3 Å². The van der Waals surface area contributed by atoms with E-state index in [0.29, 0.717) is 11.5 Å². The van der Waals surface area contributed by atoms with Crippen LogP contribution in [-0.4, -0.2) is 47.5 Å². The lowest BCUT2D eigenvalue weighted by molar-refractivity contribution is -0.145. The number of carbonyl (C=O) groups excluding carboxylic acids is 2. The summed E-state index contributed by atoms with van der Waals surface area (Å²) in [6.07, 6.45) is 0.0404. The normalized spacial score (nSPS) is 10.3. The van der Waals surface area contributed by atoms with Crippen LogP contribution in [0.4, 0.5) is 11.9 Å². The van der Waals surface area contributed by atoms with Crippen molar-refractivity contribution in [2.24, 2.45) is 0 Å². The molecule has 0 aliphatic carbocycles. The smallest absolute Gasteiger partial charge is 0.308 e. The number of anilines is 2. The Morgan fingerprint density at radius 1 is 1.19 bits per heavy atom. The van der Waals surface area contributed by atoms with Gasteiger partial charge in [0.1, 0.15) is 0 Å². The number of nitrogens with two attached hydrogens (primary N) is 1. The molecule has 0 aliphatic heterocycles. The number of carbonyl (C=O) groups is 2. The van der Waals surface area contributed by atoms with E-state index in [9.17, 15) is 9.59 Å². The number of hydrogen-bond donors (Lipinski definition) is 2. The van der Waals surface area contributed by atoms with E-state index in [0.717, 1.165) is 5.56 Å². The minimum atomic E-state index is -0.472. The molecule has 1 aromatic heterocycles. The topological polar surface area (TPSA) is 123 Å². The van der Waals surface area contributed by atoms with E-state index in [1.54, 1.807) is 31.1 Å². The molecule has 0 aliphatic rings. The van der Waals surface area contributed by atoms with Crippen LogP contribution in [0.2, 0.25) is 0 Å². The van der Waals surface area contributed by atoms with Crippen LogP contribution in [0.5, 0.6) is 0 Å². The van der Waals surface area contributed by atoms with E-state index in [-0.39, 0.29) is 37.3 Å². The molecule has 0 fully saturated rings. The highest BCUT2D eigenvalue weighted by molar-refractivity contribution is 5.95. The molecule has 9 nitrogen and oxygen atoms in total. The molecular weight excluding hydrogens is 336 g/mol. The molecule has 2 rings (SSSR count). The SMILES string of the molecule is Cc1ccccc1C(=O)NCCC(=O)OCc1nc(N)nc(N(C)C)n1. The molecule has 2 aromatic rings. The summed E-state index contributed by atoms with van der Waals surface area (Å²) >= 11 is 0. The van der Waals surface area contributed by atoms with Gasteiger partial charge in [0.25, 0.3) is 5.91 Å². The number of rotatable bonds is 7. The Labute approximate surface area is 151 Å². The average Bonchev–Trinajstić information content (AvgIpc) is 2.59. The summed E-state index contributed by atoms with van der Waals surface area (Å²) in [5, 5.41) is 2.69. The molecule has 0 radical (unpaired) electrons. The maximum atomic E-state index is 12.1. The minimum absolute atomic E-state index is 0.0404. The molecule has 1 aromatic carbocycles. The molecule has 138 valence electrons. The lowest BCUT2D eigenvalue weighted by Gasteiger charge is -2.11. The van der Waals surface area contributed by atoms with Gasteiger partial charge in [-0.2, -0.15) is 15.0 Å². The van der Waals surface area contributed by atoms with Crippen LogP contribution in [0.25, 0.3) is 0 Å². The van der Waals surface area contributed by atoms with Gasteiger partial charge in [0, 0.05) is 26.2 Å². The number of aryl methyl sites for hydroxylation is 1. The van der Waals surface area contributed by atoms with E-state index in [2.05, 4.69) is 20.3 Å². The van der Waals surface area contributed by atoms with Gasteiger partial charge in [-0.05, 0) is 18.6 Å². The third kappa shape index (κ3) is 5.40. The lowest BCUT2D eigenvalue weighted by Crippen LogP contribution is -2.27. The Hall–Kier alpha value is -3.23. The van der Waals surface area contributed by atoms with Gasteiger partial charge in [-0.15, -0.1) is 0 Å². The quantitative estimate of drug-likeness (QED) is 0.693. The first-order valence-corrected chi connectivity index (χ1v) is 8.04. The number of amides is 1. The molecule has 0 saturated heterocycles. The Morgan fingerprint density at radius 3 is 2.62 bits per heavy atom. The van der Waals surface area contributed by atoms with Gasteiger partial charge in [-0.1, -0.05) is 18.2 Å². The molecule has 1 amide bonds. The molecule has 0 bridgehead atoms. The molecule has 9 heteroatoms. The molecule has 1 heterocycles. The lowest BCUT2D eigenvalue weighted by atomic mass is 10.1. The van der Waals surface area contributed by atoms with Gasteiger partial charge >= 0.3 is 5.97 Å². The van der Waals surface area contributed by atoms with Crippen LogP contribution in [-0.2, 0) is 16.1 Å². The van der Waals surface area contributed by atoms with Gasteiger partial charge in [-0.25, -0.2) is 0 Å². The average molecular weight is 358 g/mol. The Balaban J connectivity index is 1.79. The second-order valence-electron chi connectivity index (χ2n) is 5.79. The van der Waals surface area contributed by atoms with Crippen molar-refractivity contribution in [2.45, 2.75) is 20.0 Å². The summed E-state index contributed by atoms with van der Waals surface area (Å²) in [6.45, 7) is 1.91. The largest absolute Gasteiger partial charge is 0.457 e. The maximum absolute atomic E-state index is 12.1. The maximum Gasteiger partial charge on any atom is 0.308 e. The Morgan fingerprint density at radius 2 is 1.92 bits per heavy atom. The van der Waals surface area contributed by atoms with Crippen molar-refractivity contribution in [3.8, 4) is 0 Å². The fraction of sp³-hybridized carbons (Fsp3) is 0.353. The summed E-state index contributed by atoms with van der Waals surface area (Å²) in [4.78, 5) is 37.6. The van der Waals surface area contributed by atoms with Crippen LogP contribution in [0.1, 0.15) is 28.2 Å². The molecule has 0 atom stereocenters. The number of hydrogen-bond acceptors (Lipinski definition) is 8. The van der Waals surface area contributed by atoms with E-state index in [1.807, 2.05) is 19.1 Å². The highest BCUT2D eigenvalue weighted by Crippen LogP contribution is 2.08. The standard InChI is InChI=1S/C17H22N6O3/c1-11-6-4-5-7-12(11)15(25)19-9-8-14(24)26-10-13-20-16(18)22-17(21-13)23(2)3/h4-7H,8-10H2,1-3H3,(H,19,25)(H2,18,20,21,22). The molecular formula is C17H22N6O3. The monoisotopic (exact) mass is 358 g/mol. The van der Waals surface area contributed by atoms with Crippen molar-refractivity contribution in [1.82, 2.24) is 20.3 Å². The summed E-state index contributed by atoms with van der Waals surface area (Å²) < 4.78 is 5.11.